The number of methoxy groups -OCH3 is 1. The quantitative estimate of drug-likeness (QED) is 0.452. The van der Waals surface area contributed by atoms with Gasteiger partial charge in [-0.2, -0.15) is 8.78 Å². The van der Waals surface area contributed by atoms with Gasteiger partial charge in [0.15, 0.2) is 0 Å². The Labute approximate surface area is 90.2 Å². The lowest BCUT2D eigenvalue weighted by Crippen LogP contribution is -2.15. The van der Waals surface area contributed by atoms with Crippen molar-refractivity contribution in [2.45, 2.75) is 12.5 Å². The first kappa shape index (κ1) is 12.2. The van der Waals surface area contributed by atoms with Gasteiger partial charge in [0.1, 0.15) is 0 Å². The summed E-state index contributed by atoms with van der Waals surface area (Å²) in [4.78, 5) is 20.9. The van der Waals surface area contributed by atoms with Crippen LogP contribution in [0.4, 0.5) is 8.78 Å². The third kappa shape index (κ3) is 3.08. The van der Waals surface area contributed by atoms with Crippen LogP contribution in [0, 0.1) is 4.91 Å². The van der Waals surface area contributed by atoms with Crippen LogP contribution in [-0.4, -0.2) is 19.1 Å². The maximum absolute atomic E-state index is 12.7. The second-order valence-corrected chi connectivity index (χ2v) is 3.13. The lowest BCUT2D eigenvalue weighted by Gasteiger charge is -2.08. The van der Waals surface area contributed by atoms with Gasteiger partial charge in [0.25, 0.3) is 0 Å². The molecule has 0 radical (unpaired) electrons. The first-order chi connectivity index (χ1) is 7.48. The molecule has 1 aromatic rings. The Balaban J connectivity index is 2.91. The highest BCUT2D eigenvalue weighted by molar-refractivity contribution is 5.89. The molecule has 6 heteroatoms. The van der Waals surface area contributed by atoms with Crippen molar-refractivity contribution in [3.05, 3.63) is 40.3 Å². The van der Waals surface area contributed by atoms with Crippen molar-refractivity contribution in [1.82, 2.24) is 0 Å². The molecule has 0 atom stereocenters. The van der Waals surface area contributed by atoms with E-state index in [4.69, 9.17) is 0 Å². The van der Waals surface area contributed by atoms with Crippen LogP contribution in [-0.2, 0) is 11.2 Å². The molecule has 0 heterocycles. The Kier molecular flexibility index (Phi) is 3.65. The molecule has 16 heavy (non-hydrogen) atoms. The molecule has 0 amide bonds. The third-order valence-corrected chi connectivity index (χ3v) is 1.90. The Hall–Kier alpha value is -1.85. The van der Waals surface area contributed by atoms with Crippen molar-refractivity contribution in [1.29, 1.82) is 0 Å². The van der Waals surface area contributed by atoms with Gasteiger partial charge in [-0.25, -0.2) is 4.79 Å². The molecule has 0 unspecified atom stereocenters. The Morgan fingerprint density at radius 3 is 2.75 bits per heavy atom. The zero-order valence-corrected chi connectivity index (χ0v) is 8.44. The number of hydrogen-bond acceptors (Lipinski definition) is 4. The molecular formula is C10H9F2NO3. The zero-order valence-electron chi connectivity index (χ0n) is 8.44. The van der Waals surface area contributed by atoms with E-state index in [1.165, 1.54) is 31.4 Å². The van der Waals surface area contributed by atoms with Crippen LogP contribution in [0.2, 0.25) is 0 Å². The highest BCUT2D eigenvalue weighted by Gasteiger charge is 2.30. The molecule has 0 aliphatic heterocycles. The van der Waals surface area contributed by atoms with Crippen molar-refractivity contribution >= 4 is 5.97 Å². The number of esters is 1. The molecule has 0 aliphatic carbocycles. The fraction of sp³-hybridized carbons (Fsp3) is 0.300. The van der Waals surface area contributed by atoms with E-state index in [0.717, 1.165) is 0 Å². The van der Waals surface area contributed by atoms with E-state index in [9.17, 15) is 18.5 Å². The second-order valence-electron chi connectivity index (χ2n) is 3.13. The standard InChI is InChI=1S/C10H9F2NO3/c1-16-9(14)8-4-2-3-7(5-8)6-10(11,12)13-15/h2-5H,6H2,1H3. The number of halogens is 2. The van der Waals surface area contributed by atoms with E-state index < -0.39 is 18.4 Å². The molecule has 86 valence electrons. The Morgan fingerprint density at radius 2 is 2.19 bits per heavy atom. The van der Waals surface area contributed by atoms with Crippen molar-refractivity contribution in [2.75, 3.05) is 7.11 Å². The maximum Gasteiger partial charge on any atom is 0.381 e. The van der Waals surface area contributed by atoms with E-state index in [1.54, 1.807) is 5.18 Å². The molecular weight excluding hydrogens is 220 g/mol. The molecule has 4 nitrogen and oxygen atoms in total. The third-order valence-electron chi connectivity index (χ3n) is 1.90. The number of benzene rings is 1. The highest BCUT2D eigenvalue weighted by atomic mass is 19.3. The normalized spacial score (nSPS) is 10.9. The summed E-state index contributed by atoms with van der Waals surface area (Å²) in [5.41, 5.74) is 0.300. The first-order valence-corrected chi connectivity index (χ1v) is 4.38. The predicted octanol–water partition coefficient (Wildman–Crippen LogP) is 2.37. The number of alkyl halides is 2. The van der Waals surface area contributed by atoms with Crippen LogP contribution < -0.4 is 0 Å². The smallest absolute Gasteiger partial charge is 0.381 e. The van der Waals surface area contributed by atoms with Crippen LogP contribution in [0.5, 0.6) is 0 Å². The van der Waals surface area contributed by atoms with Gasteiger partial charge in [-0.3, -0.25) is 0 Å². The van der Waals surface area contributed by atoms with Gasteiger partial charge >= 0.3 is 12.0 Å². The molecule has 0 bridgehead atoms. The molecule has 0 aromatic heterocycles. The summed E-state index contributed by atoms with van der Waals surface area (Å²) in [5, 5.41) is 1.71. The first-order valence-electron chi connectivity index (χ1n) is 4.38. The summed E-state index contributed by atoms with van der Waals surface area (Å²) in [6.07, 6.45) is -0.832. The molecule has 0 saturated heterocycles. The van der Waals surface area contributed by atoms with Crippen LogP contribution >= 0.6 is 0 Å². The van der Waals surface area contributed by atoms with Gasteiger partial charge in [-0.15, -0.1) is 4.91 Å². The highest BCUT2D eigenvalue weighted by Crippen LogP contribution is 2.21. The number of rotatable bonds is 4. The number of carbonyl (C=O) groups excluding carboxylic acids is 1. The SMILES string of the molecule is COC(=O)c1cccc(CC(F)(F)N=O)c1. The fourth-order valence-electron chi connectivity index (χ4n) is 1.20. The van der Waals surface area contributed by atoms with E-state index in [-0.39, 0.29) is 11.1 Å². The van der Waals surface area contributed by atoms with Gasteiger partial charge in [-0.1, -0.05) is 12.1 Å². The molecule has 0 aliphatic rings. The number of hydrogen-bond donors (Lipinski definition) is 0. The van der Waals surface area contributed by atoms with Crippen molar-refractivity contribution < 1.29 is 18.3 Å². The van der Waals surface area contributed by atoms with Gasteiger partial charge < -0.3 is 4.74 Å². The molecule has 0 fully saturated rings. The van der Waals surface area contributed by atoms with Crippen LogP contribution in [0.1, 0.15) is 15.9 Å². The molecule has 1 aromatic carbocycles. The number of nitrogens with zero attached hydrogens (tertiary/aromatic N) is 1. The summed E-state index contributed by atoms with van der Waals surface area (Å²) in [6, 6.07) is 1.83. The van der Waals surface area contributed by atoms with E-state index in [2.05, 4.69) is 4.74 Å². The molecule has 1 rings (SSSR count). The van der Waals surface area contributed by atoms with Crippen molar-refractivity contribution in [2.24, 2.45) is 5.18 Å². The number of ether oxygens (including phenoxy) is 1. The number of nitroso groups, excluding NO2 is 1. The van der Waals surface area contributed by atoms with Crippen LogP contribution in [0.25, 0.3) is 0 Å². The molecule has 0 saturated carbocycles. The lowest BCUT2D eigenvalue weighted by atomic mass is 10.1. The average molecular weight is 229 g/mol. The van der Waals surface area contributed by atoms with Crippen LogP contribution in [0.3, 0.4) is 0 Å². The van der Waals surface area contributed by atoms with Gasteiger partial charge in [0.2, 0.25) is 0 Å². The summed E-state index contributed by atoms with van der Waals surface area (Å²) < 4.78 is 29.8. The molecule has 0 N–H and O–H groups in total. The summed E-state index contributed by atoms with van der Waals surface area (Å²) >= 11 is 0. The molecule has 0 spiro atoms. The minimum atomic E-state index is -3.66. The fourth-order valence-corrected chi connectivity index (χ4v) is 1.20. The topological polar surface area (TPSA) is 55.7 Å². The summed E-state index contributed by atoms with van der Waals surface area (Å²) in [6.45, 7) is 0. The largest absolute Gasteiger partial charge is 0.465 e. The Morgan fingerprint density at radius 1 is 1.50 bits per heavy atom. The number of carbonyl (C=O) groups is 1. The van der Waals surface area contributed by atoms with E-state index in [0.29, 0.717) is 0 Å². The lowest BCUT2D eigenvalue weighted by molar-refractivity contribution is 0.00964. The predicted molar refractivity (Wildman–Crippen MR) is 52.2 cm³/mol. The minimum absolute atomic E-state index is 0.146. The summed E-state index contributed by atoms with van der Waals surface area (Å²) in [5.74, 6) is -0.621. The average Bonchev–Trinajstić information content (AvgIpc) is 2.28. The zero-order chi connectivity index (χ0) is 12.2. The monoisotopic (exact) mass is 229 g/mol. The van der Waals surface area contributed by atoms with Gasteiger partial charge in [-0.05, 0) is 17.7 Å². The van der Waals surface area contributed by atoms with E-state index in [1.807, 2.05) is 0 Å². The Bertz CT molecular complexity index is 407. The van der Waals surface area contributed by atoms with Crippen molar-refractivity contribution in [3.8, 4) is 0 Å². The second kappa shape index (κ2) is 4.78. The van der Waals surface area contributed by atoms with Crippen molar-refractivity contribution in [3.63, 3.8) is 0 Å². The minimum Gasteiger partial charge on any atom is -0.465 e. The van der Waals surface area contributed by atoms with Gasteiger partial charge in [0, 0.05) is 5.18 Å². The van der Waals surface area contributed by atoms with Crippen LogP contribution in [0.15, 0.2) is 29.4 Å². The summed E-state index contributed by atoms with van der Waals surface area (Å²) in [7, 11) is 1.19. The van der Waals surface area contributed by atoms with Gasteiger partial charge in [0.05, 0.1) is 19.1 Å². The maximum atomic E-state index is 12.7. The van der Waals surface area contributed by atoms with E-state index >= 15 is 0 Å².